The molecule has 3 aliphatic heterocycles. The molecule has 3 heterocycles. The first kappa shape index (κ1) is 25.0. The van der Waals surface area contributed by atoms with Crippen molar-refractivity contribution in [1.82, 2.24) is 20.0 Å². The van der Waals surface area contributed by atoms with Gasteiger partial charge < -0.3 is 19.9 Å². The van der Waals surface area contributed by atoms with Crippen molar-refractivity contribution in [3.05, 3.63) is 0 Å². The summed E-state index contributed by atoms with van der Waals surface area (Å²) in [7, 11) is 1.87. The average Bonchev–Trinajstić information content (AvgIpc) is 3.29. The standard InChI is InChI=1S/C20H37N5O2S.HI/c1-17(18(26)24-8-4-5-9-24)23-10-12-25(13-11-23)19(21-2)22-16-20(28-3)6-14-27-15-7-20;/h17H,4-16H2,1-3H3,(H,21,22);1H. The molecule has 0 radical (unpaired) electrons. The van der Waals surface area contributed by atoms with E-state index in [0.29, 0.717) is 5.91 Å². The number of guanidine groups is 1. The minimum atomic E-state index is -0.0165. The van der Waals surface area contributed by atoms with E-state index in [-0.39, 0.29) is 34.8 Å². The molecular formula is C20H38IN5O2S. The van der Waals surface area contributed by atoms with Crippen molar-refractivity contribution in [1.29, 1.82) is 0 Å². The second-order valence-electron chi connectivity index (χ2n) is 8.13. The number of hydrogen-bond acceptors (Lipinski definition) is 5. The maximum absolute atomic E-state index is 12.7. The number of likely N-dealkylation sites (tertiary alicyclic amines) is 1. The molecule has 0 aliphatic carbocycles. The summed E-state index contributed by atoms with van der Waals surface area (Å²) in [6.45, 7) is 10.2. The number of thioether (sulfide) groups is 1. The fourth-order valence-electron chi connectivity index (χ4n) is 4.45. The lowest BCUT2D eigenvalue weighted by Crippen LogP contribution is -2.58. The Morgan fingerprint density at radius 3 is 2.28 bits per heavy atom. The van der Waals surface area contributed by atoms with Crippen LogP contribution < -0.4 is 5.32 Å². The SMILES string of the molecule is CN=C(NCC1(SC)CCOCC1)N1CCN(C(C)C(=O)N2CCCC2)CC1.I. The molecule has 168 valence electrons. The van der Waals surface area contributed by atoms with Crippen LogP contribution in [0.2, 0.25) is 0 Å². The number of carbonyl (C=O) groups is 1. The first-order chi connectivity index (χ1) is 13.6. The van der Waals surface area contributed by atoms with Crippen molar-refractivity contribution in [2.24, 2.45) is 4.99 Å². The van der Waals surface area contributed by atoms with E-state index < -0.39 is 0 Å². The highest BCUT2D eigenvalue weighted by Gasteiger charge is 2.33. The summed E-state index contributed by atoms with van der Waals surface area (Å²) in [5.74, 6) is 1.29. The molecule has 9 heteroatoms. The fraction of sp³-hybridized carbons (Fsp3) is 0.900. The zero-order valence-electron chi connectivity index (χ0n) is 18.2. The Balaban J connectivity index is 0.00000300. The summed E-state index contributed by atoms with van der Waals surface area (Å²) in [5, 5.41) is 3.62. The molecule has 1 amide bonds. The quantitative estimate of drug-likeness (QED) is 0.326. The van der Waals surface area contributed by atoms with Crippen LogP contribution in [0, 0.1) is 0 Å². The van der Waals surface area contributed by atoms with Crippen LogP contribution in [-0.4, -0.2) is 110 Å². The van der Waals surface area contributed by atoms with E-state index >= 15 is 0 Å². The van der Waals surface area contributed by atoms with Crippen LogP contribution in [0.1, 0.15) is 32.6 Å². The Morgan fingerprint density at radius 1 is 1.10 bits per heavy atom. The first-order valence-electron chi connectivity index (χ1n) is 10.7. The topological polar surface area (TPSA) is 60.4 Å². The smallest absolute Gasteiger partial charge is 0.239 e. The molecular weight excluding hydrogens is 501 g/mol. The number of hydrogen-bond donors (Lipinski definition) is 1. The Labute approximate surface area is 197 Å². The van der Waals surface area contributed by atoms with Crippen LogP contribution in [0.3, 0.4) is 0 Å². The van der Waals surface area contributed by atoms with Gasteiger partial charge in [-0.1, -0.05) is 0 Å². The van der Waals surface area contributed by atoms with Gasteiger partial charge in [0.15, 0.2) is 5.96 Å². The molecule has 3 aliphatic rings. The number of amides is 1. The molecule has 3 fully saturated rings. The highest BCUT2D eigenvalue weighted by atomic mass is 127. The Morgan fingerprint density at radius 2 is 1.72 bits per heavy atom. The predicted octanol–water partition coefficient (Wildman–Crippen LogP) is 1.72. The lowest BCUT2D eigenvalue weighted by atomic mass is 9.99. The molecule has 0 aromatic carbocycles. The van der Waals surface area contributed by atoms with Gasteiger partial charge in [0.2, 0.25) is 5.91 Å². The van der Waals surface area contributed by atoms with Crippen LogP contribution in [0.25, 0.3) is 0 Å². The minimum Gasteiger partial charge on any atom is -0.381 e. The summed E-state index contributed by atoms with van der Waals surface area (Å²) >= 11 is 1.95. The third-order valence-corrected chi connectivity index (χ3v) is 7.97. The Hall–Kier alpha value is -0.260. The van der Waals surface area contributed by atoms with E-state index in [1.807, 2.05) is 23.7 Å². The highest BCUT2D eigenvalue weighted by Crippen LogP contribution is 2.33. The summed E-state index contributed by atoms with van der Waals surface area (Å²) in [6.07, 6.45) is 6.67. The van der Waals surface area contributed by atoms with Gasteiger partial charge in [0.25, 0.3) is 0 Å². The second-order valence-corrected chi connectivity index (χ2v) is 9.41. The van der Waals surface area contributed by atoms with Crippen LogP contribution in [0.4, 0.5) is 0 Å². The summed E-state index contributed by atoms with van der Waals surface area (Å²) < 4.78 is 5.79. The maximum Gasteiger partial charge on any atom is 0.239 e. The van der Waals surface area contributed by atoms with E-state index in [4.69, 9.17) is 4.74 Å². The number of aliphatic imine (C=N–C) groups is 1. The zero-order valence-corrected chi connectivity index (χ0v) is 21.3. The summed E-state index contributed by atoms with van der Waals surface area (Å²) in [5.41, 5.74) is 0. The molecule has 3 rings (SSSR count). The van der Waals surface area contributed by atoms with E-state index in [1.165, 1.54) is 0 Å². The van der Waals surface area contributed by atoms with Crippen molar-refractivity contribution >= 4 is 47.6 Å². The van der Waals surface area contributed by atoms with Gasteiger partial charge in [-0.15, -0.1) is 24.0 Å². The van der Waals surface area contributed by atoms with Crippen molar-refractivity contribution in [3.8, 4) is 0 Å². The molecule has 1 N–H and O–H groups in total. The van der Waals surface area contributed by atoms with Gasteiger partial charge >= 0.3 is 0 Å². The Bertz CT molecular complexity index is 545. The summed E-state index contributed by atoms with van der Waals surface area (Å²) in [6, 6.07) is -0.0165. The predicted molar refractivity (Wildman–Crippen MR) is 131 cm³/mol. The zero-order chi connectivity index (χ0) is 20.0. The minimum absolute atomic E-state index is 0. The van der Waals surface area contributed by atoms with Crippen LogP contribution in [0.15, 0.2) is 4.99 Å². The molecule has 0 aromatic rings. The van der Waals surface area contributed by atoms with Gasteiger partial charge in [0.1, 0.15) is 0 Å². The average molecular weight is 540 g/mol. The van der Waals surface area contributed by atoms with E-state index in [0.717, 1.165) is 90.7 Å². The molecule has 1 unspecified atom stereocenters. The molecule has 0 aromatic heterocycles. The lowest BCUT2D eigenvalue weighted by Gasteiger charge is -2.41. The van der Waals surface area contributed by atoms with Gasteiger partial charge in [-0.2, -0.15) is 11.8 Å². The van der Waals surface area contributed by atoms with Crippen molar-refractivity contribution in [2.45, 2.75) is 43.4 Å². The lowest BCUT2D eigenvalue weighted by molar-refractivity contribution is -0.135. The number of rotatable bonds is 5. The highest BCUT2D eigenvalue weighted by molar-refractivity contribution is 14.0. The number of nitrogens with one attached hydrogen (secondary N) is 1. The van der Waals surface area contributed by atoms with Gasteiger partial charge in [-0.25, -0.2) is 0 Å². The van der Waals surface area contributed by atoms with Crippen LogP contribution in [-0.2, 0) is 9.53 Å². The van der Waals surface area contributed by atoms with Gasteiger partial charge in [0.05, 0.1) is 6.04 Å². The van der Waals surface area contributed by atoms with Crippen molar-refractivity contribution < 1.29 is 9.53 Å². The van der Waals surface area contributed by atoms with Gasteiger partial charge in [0, 0.05) is 70.8 Å². The fourth-order valence-corrected chi connectivity index (χ4v) is 5.24. The maximum atomic E-state index is 12.7. The molecule has 0 saturated carbocycles. The Kier molecular flexibility index (Phi) is 10.3. The van der Waals surface area contributed by atoms with Gasteiger partial charge in [-0.3, -0.25) is 14.7 Å². The van der Waals surface area contributed by atoms with Crippen LogP contribution in [0.5, 0.6) is 0 Å². The van der Waals surface area contributed by atoms with Crippen molar-refractivity contribution in [2.75, 3.05) is 72.3 Å². The normalized spacial score (nSPS) is 24.2. The molecule has 0 spiro atoms. The first-order valence-corrected chi connectivity index (χ1v) is 11.9. The van der Waals surface area contributed by atoms with E-state index in [1.54, 1.807) is 0 Å². The third-order valence-electron chi connectivity index (χ3n) is 6.55. The number of ether oxygens (including phenoxy) is 1. The largest absolute Gasteiger partial charge is 0.381 e. The van der Waals surface area contributed by atoms with Crippen molar-refractivity contribution in [3.63, 3.8) is 0 Å². The third kappa shape index (κ3) is 6.36. The number of carbonyl (C=O) groups excluding carboxylic acids is 1. The monoisotopic (exact) mass is 539 g/mol. The van der Waals surface area contributed by atoms with E-state index in [2.05, 4.69) is 33.3 Å². The molecule has 29 heavy (non-hydrogen) atoms. The molecule has 3 saturated heterocycles. The van der Waals surface area contributed by atoms with E-state index in [9.17, 15) is 4.79 Å². The van der Waals surface area contributed by atoms with Crippen LogP contribution >= 0.6 is 35.7 Å². The summed E-state index contributed by atoms with van der Waals surface area (Å²) in [4.78, 5) is 23.9. The molecule has 7 nitrogen and oxygen atoms in total. The number of nitrogens with zero attached hydrogens (tertiary/aromatic N) is 4. The molecule has 0 bridgehead atoms. The molecule has 1 atom stereocenters. The second kappa shape index (κ2) is 12.0. The number of halogens is 1. The van der Waals surface area contributed by atoms with Gasteiger partial charge in [-0.05, 0) is 38.9 Å². The number of piperazine rings is 1.